The van der Waals surface area contributed by atoms with Crippen LogP contribution in [0.15, 0.2) is 29.2 Å². The highest BCUT2D eigenvalue weighted by Gasteiger charge is 2.05. The Morgan fingerprint density at radius 3 is 3.09 bits per heavy atom. The lowest BCUT2D eigenvalue weighted by atomic mass is 10.1. The maximum atomic E-state index is 2.37. The molecule has 0 aliphatic carbocycles. The number of thioether (sulfide) groups is 1. The Labute approximate surface area is 72.0 Å². The second kappa shape index (κ2) is 3.31. The molecule has 0 bridgehead atoms. The van der Waals surface area contributed by atoms with Crippen molar-refractivity contribution >= 4 is 11.8 Å². The van der Waals surface area contributed by atoms with E-state index in [1.165, 1.54) is 29.1 Å². The van der Waals surface area contributed by atoms with Crippen molar-refractivity contribution in [1.82, 2.24) is 0 Å². The molecule has 1 aliphatic rings. The standard InChI is InChI=1S/C10H11S/c1-2-7-10-9(5-1)6-3-4-8-11-10/h1-2,4-5,7H,3,6,8H2. The van der Waals surface area contributed by atoms with Crippen molar-refractivity contribution in [2.24, 2.45) is 0 Å². The molecule has 1 heterocycles. The molecule has 0 nitrogen and oxygen atoms in total. The normalized spacial score (nSPS) is 17.1. The minimum atomic E-state index is 1.18. The van der Waals surface area contributed by atoms with E-state index in [0.29, 0.717) is 0 Å². The van der Waals surface area contributed by atoms with Crippen LogP contribution in [-0.2, 0) is 6.42 Å². The number of aryl methyl sites for hydroxylation is 1. The molecule has 0 saturated carbocycles. The van der Waals surface area contributed by atoms with Gasteiger partial charge >= 0.3 is 0 Å². The summed E-state index contributed by atoms with van der Waals surface area (Å²) in [5.74, 6) is 1.18. The molecular weight excluding hydrogens is 152 g/mol. The van der Waals surface area contributed by atoms with Gasteiger partial charge in [0.05, 0.1) is 0 Å². The van der Waals surface area contributed by atoms with Gasteiger partial charge in [-0.15, -0.1) is 11.8 Å². The van der Waals surface area contributed by atoms with Gasteiger partial charge in [0.15, 0.2) is 0 Å². The zero-order chi connectivity index (χ0) is 7.52. The van der Waals surface area contributed by atoms with Crippen molar-refractivity contribution in [3.63, 3.8) is 0 Å². The smallest absolute Gasteiger partial charge is 0.0104 e. The zero-order valence-electron chi connectivity index (χ0n) is 6.42. The first kappa shape index (κ1) is 7.23. The summed E-state index contributed by atoms with van der Waals surface area (Å²) in [5.41, 5.74) is 1.52. The van der Waals surface area contributed by atoms with Crippen LogP contribution in [0.3, 0.4) is 0 Å². The maximum absolute atomic E-state index is 2.37. The molecule has 1 heteroatoms. The number of hydrogen-bond acceptors (Lipinski definition) is 1. The highest BCUT2D eigenvalue weighted by molar-refractivity contribution is 7.99. The first-order valence-corrected chi connectivity index (χ1v) is 4.98. The van der Waals surface area contributed by atoms with Crippen LogP contribution >= 0.6 is 11.8 Å². The molecule has 0 aromatic heterocycles. The predicted octanol–water partition coefficient (Wildman–Crippen LogP) is 2.93. The van der Waals surface area contributed by atoms with Gasteiger partial charge in [0, 0.05) is 10.6 Å². The van der Waals surface area contributed by atoms with Crippen LogP contribution in [-0.4, -0.2) is 5.75 Å². The molecule has 2 rings (SSSR count). The molecule has 0 fully saturated rings. The Morgan fingerprint density at radius 1 is 1.18 bits per heavy atom. The average Bonchev–Trinajstić information content (AvgIpc) is 2.28. The van der Waals surface area contributed by atoms with Gasteiger partial charge in [-0.1, -0.05) is 18.2 Å². The fourth-order valence-corrected chi connectivity index (χ4v) is 2.34. The molecule has 1 aliphatic heterocycles. The number of benzene rings is 1. The Balaban J connectivity index is 2.33. The Hall–Kier alpha value is -0.430. The van der Waals surface area contributed by atoms with Crippen LogP contribution in [0.4, 0.5) is 0 Å². The highest BCUT2D eigenvalue weighted by atomic mass is 32.2. The number of hydrogen-bond donors (Lipinski definition) is 0. The average molecular weight is 163 g/mol. The van der Waals surface area contributed by atoms with Gasteiger partial charge < -0.3 is 0 Å². The van der Waals surface area contributed by atoms with E-state index in [1.807, 2.05) is 11.8 Å². The molecule has 1 aromatic carbocycles. The van der Waals surface area contributed by atoms with E-state index >= 15 is 0 Å². The van der Waals surface area contributed by atoms with Gasteiger partial charge in [-0.25, -0.2) is 0 Å². The number of rotatable bonds is 0. The lowest BCUT2D eigenvalue weighted by Crippen LogP contribution is -1.83. The van der Waals surface area contributed by atoms with Crippen molar-refractivity contribution in [2.45, 2.75) is 17.7 Å². The summed E-state index contributed by atoms with van der Waals surface area (Å²) in [5, 5.41) is 0. The monoisotopic (exact) mass is 163 g/mol. The van der Waals surface area contributed by atoms with Gasteiger partial charge in [-0.2, -0.15) is 0 Å². The SMILES string of the molecule is [CH]1CCc2ccccc2SC1. The van der Waals surface area contributed by atoms with E-state index in [4.69, 9.17) is 0 Å². The second-order valence-corrected chi connectivity index (χ2v) is 3.81. The summed E-state index contributed by atoms with van der Waals surface area (Å²) in [6, 6.07) is 8.71. The summed E-state index contributed by atoms with van der Waals surface area (Å²) in [4.78, 5) is 1.47. The first-order chi connectivity index (χ1) is 5.47. The minimum Gasteiger partial charge on any atom is -0.126 e. The molecule has 1 radical (unpaired) electrons. The van der Waals surface area contributed by atoms with E-state index < -0.39 is 0 Å². The highest BCUT2D eigenvalue weighted by Crippen LogP contribution is 2.27. The molecule has 0 spiro atoms. The van der Waals surface area contributed by atoms with Gasteiger partial charge in [0.2, 0.25) is 0 Å². The summed E-state index contributed by atoms with van der Waals surface area (Å²) < 4.78 is 0. The molecule has 0 atom stereocenters. The topological polar surface area (TPSA) is 0 Å². The Morgan fingerprint density at radius 2 is 2.09 bits per heavy atom. The molecule has 0 amide bonds. The van der Waals surface area contributed by atoms with Gasteiger partial charge in [0.1, 0.15) is 0 Å². The second-order valence-electron chi connectivity index (χ2n) is 2.75. The third-order valence-corrected chi connectivity index (χ3v) is 3.06. The lowest BCUT2D eigenvalue weighted by molar-refractivity contribution is 0.931. The molecule has 57 valence electrons. The minimum absolute atomic E-state index is 1.18. The van der Waals surface area contributed by atoms with Crippen LogP contribution in [0, 0.1) is 6.42 Å². The molecular formula is C10H11S. The molecule has 0 unspecified atom stereocenters. The van der Waals surface area contributed by atoms with Crippen molar-refractivity contribution in [2.75, 3.05) is 5.75 Å². The van der Waals surface area contributed by atoms with Crippen molar-refractivity contribution in [1.29, 1.82) is 0 Å². The largest absolute Gasteiger partial charge is 0.126 e. The van der Waals surface area contributed by atoms with Crippen molar-refractivity contribution in [3.8, 4) is 0 Å². The third kappa shape index (κ3) is 1.59. The molecule has 0 N–H and O–H groups in total. The summed E-state index contributed by atoms with van der Waals surface area (Å²) in [6.07, 6.45) is 4.83. The van der Waals surface area contributed by atoms with E-state index in [-0.39, 0.29) is 0 Å². The van der Waals surface area contributed by atoms with Crippen LogP contribution in [0.5, 0.6) is 0 Å². The molecule has 1 aromatic rings. The quantitative estimate of drug-likeness (QED) is 0.566. The molecule has 11 heavy (non-hydrogen) atoms. The fourth-order valence-electron chi connectivity index (χ4n) is 1.34. The summed E-state index contributed by atoms with van der Waals surface area (Å²) >= 11 is 1.95. The van der Waals surface area contributed by atoms with Crippen LogP contribution in [0.2, 0.25) is 0 Å². The van der Waals surface area contributed by atoms with Crippen LogP contribution in [0.1, 0.15) is 12.0 Å². The van der Waals surface area contributed by atoms with E-state index in [2.05, 4.69) is 30.7 Å². The van der Waals surface area contributed by atoms with Gasteiger partial charge in [0.25, 0.3) is 0 Å². The third-order valence-electron chi connectivity index (χ3n) is 1.95. The zero-order valence-corrected chi connectivity index (χ0v) is 7.23. The lowest BCUT2D eigenvalue weighted by Gasteiger charge is -2.01. The predicted molar refractivity (Wildman–Crippen MR) is 49.8 cm³/mol. The fraction of sp³-hybridized carbons (Fsp3) is 0.300. The van der Waals surface area contributed by atoms with Crippen LogP contribution < -0.4 is 0 Å². The van der Waals surface area contributed by atoms with Gasteiger partial charge in [-0.05, 0) is 30.9 Å². The van der Waals surface area contributed by atoms with E-state index in [9.17, 15) is 0 Å². The van der Waals surface area contributed by atoms with Crippen LogP contribution in [0.25, 0.3) is 0 Å². The molecule has 0 saturated heterocycles. The van der Waals surface area contributed by atoms with Gasteiger partial charge in [-0.3, -0.25) is 0 Å². The van der Waals surface area contributed by atoms with E-state index in [0.717, 1.165) is 0 Å². The summed E-state index contributed by atoms with van der Waals surface area (Å²) in [7, 11) is 0. The first-order valence-electron chi connectivity index (χ1n) is 3.99. The van der Waals surface area contributed by atoms with Crippen molar-refractivity contribution < 1.29 is 0 Å². The maximum Gasteiger partial charge on any atom is 0.0104 e. The van der Waals surface area contributed by atoms with Crippen molar-refractivity contribution in [3.05, 3.63) is 36.2 Å². The van der Waals surface area contributed by atoms with E-state index in [1.54, 1.807) is 0 Å². The Bertz CT molecular complexity index is 217. The Kier molecular flexibility index (Phi) is 2.18. The number of fused-ring (bicyclic) bond motifs is 1. The summed E-state index contributed by atoms with van der Waals surface area (Å²) in [6.45, 7) is 0.